The van der Waals surface area contributed by atoms with Gasteiger partial charge in [-0.05, 0) is 30.2 Å². The van der Waals surface area contributed by atoms with Crippen molar-refractivity contribution >= 4 is 5.78 Å². The summed E-state index contributed by atoms with van der Waals surface area (Å²) in [4.78, 5) is 12.7. The Morgan fingerprint density at radius 2 is 1.70 bits per heavy atom. The van der Waals surface area contributed by atoms with Crippen molar-refractivity contribution in [1.82, 2.24) is 4.57 Å². The SMILES string of the molecule is O=C(c1ccccc1)c1ccc2n1CCC2c1ccccc1F. The molecule has 0 amide bonds. The molecule has 114 valence electrons. The number of fused-ring (bicyclic) bond motifs is 1. The average molecular weight is 305 g/mol. The van der Waals surface area contributed by atoms with Crippen molar-refractivity contribution in [2.45, 2.75) is 18.9 Å². The largest absolute Gasteiger partial charge is 0.341 e. The second-order valence-electron chi connectivity index (χ2n) is 5.85. The van der Waals surface area contributed by atoms with Crippen molar-refractivity contribution in [2.75, 3.05) is 0 Å². The third kappa shape index (κ3) is 2.29. The number of carbonyl (C=O) groups is 1. The summed E-state index contributed by atoms with van der Waals surface area (Å²) in [6.07, 6.45) is 0.826. The topological polar surface area (TPSA) is 22.0 Å². The number of halogens is 1. The molecule has 1 aromatic heterocycles. The van der Waals surface area contributed by atoms with Gasteiger partial charge in [-0.25, -0.2) is 4.39 Å². The molecule has 0 radical (unpaired) electrons. The molecule has 0 bridgehead atoms. The predicted octanol–water partition coefficient (Wildman–Crippen LogP) is 4.39. The number of hydrogen-bond donors (Lipinski definition) is 0. The number of nitrogens with zero attached hydrogens (tertiary/aromatic N) is 1. The monoisotopic (exact) mass is 305 g/mol. The van der Waals surface area contributed by atoms with E-state index in [1.54, 1.807) is 6.07 Å². The van der Waals surface area contributed by atoms with E-state index in [4.69, 9.17) is 0 Å². The van der Waals surface area contributed by atoms with E-state index in [-0.39, 0.29) is 17.5 Å². The van der Waals surface area contributed by atoms with Crippen LogP contribution in [0.3, 0.4) is 0 Å². The maximum absolute atomic E-state index is 14.1. The van der Waals surface area contributed by atoms with Crippen LogP contribution in [-0.4, -0.2) is 10.4 Å². The predicted molar refractivity (Wildman–Crippen MR) is 87.2 cm³/mol. The Balaban J connectivity index is 1.72. The highest BCUT2D eigenvalue weighted by Crippen LogP contribution is 2.37. The normalized spacial score (nSPS) is 16.3. The van der Waals surface area contributed by atoms with E-state index in [0.29, 0.717) is 16.8 Å². The number of hydrogen-bond acceptors (Lipinski definition) is 1. The summed E-state index contributed by atoms with van der Waals surface area (Å²) in [6, 6.07) is 20.0. The number of ketones is 1. The molecular weight excluding hydrogens is 289 g/mol. The van der Waals surface area contributed by atoms with E-state index in [1.807, 2.05) is 59.2 Å². The van der Waals surface area contributed by atoms with E-state index in [9.17, 15) is 9.18 Å². The van der Waals surface area contributed by atoms with E-state index in [2.05, 4.69) is 0 Å². The van der Waals surface area contributed by atoms with Crippen molar-refractivity contribution < 1.29 is 9.18 Å². The Morgan fingerprint density at radius 1 is 0.957 bits per heavy atom. The highest BCUT2D eigenvalue weighted by Gasteiger charge is 2.29. The molecule has 0 saturated heterocycles. The first-order valence-corrected chi connectivity index (χ1v) is 7.79. The van der Waals surface area contributed by atoms with E-state index in [1.165, 1.54) is 6.07 Å². The van der Waals surface area contributed by atoms with Crippen LogP contribution in [-0.2, 0) is 6.54 Å². The maximum Gasteiger partial charge on any atom is 0.209 e. The molecule has 2 aromatic carbocycles. The molecule has 0 aliphatic carbocycles. The van der Waals surface area contributed by atoms with Gasteiger partial charge in [-0.15, -0.1) is 0 Å². The summed E-state index contributed by atoms with van der Waals surface area (Å²) < 4.78 is 16.1. The minimum Gasteiger partial charge on any atom is -0.341 e. The van der Waals surface area contributed by atoms with Crippen LogP contribution < -0.4 is 0 Å². The van der Waals surface area contributed by atoms with Gasteiger partial charge in [0.15, 0.2) is 0 Å². The first kappa shape index (κ1) is 13.9. The highest BCUT2D eigenvalue weighted by atomic mass is 19.1. The molecule has 23 heavy (non-hydrogen) atoms. The van der Waals surface area contributed by atoms with Gasteiger partial charge < -0.3 is 4.57 Å². The lowest BCUT2D eigenvalue weighted by Gasteiger charge is -2.10. The van der Waals surface area contributed by atoms with Crippen molar-refractivity contribution in [3.63, 3.8) is 0 Å². The zero-order valence-electron chi connectivity index (χ0n) is 12.6. The fourth-order valence-electron chi connectivity index (χ4n) is 3.45. The second-order valence-corrected chi connectivity index (χ2v) is 5.85. The standard InChI is InChI=1S/C20H16FNO/c21-17-9-5-4-8-15(17)16-12-13-22-18(16)10-11-19(22)20(23)14-6-2-1-3-7-14/h1-11,16H,12-13H2. The number of carbonyl (C=O) groups excluding carboxylic acids is 1. The molecule has 4 rings (SSSR count). The van der Waals surface area contributed by atoms with Crippen LogP contribution in [0.5, 0.6) is 0 Å². The summed E-state index contributed by atoms with van der Waals surface area (Å²) in [5, 5.41) is 0. The minimum atomic E-state index is -0.178. The molecule has 0 fully saturated rings. The molecule has 2 heterocycles. The number of rotatable bonds is 3. The molecule has 0 spiro atoms. The van der Waals surface area contributed by atoms with Crippen molar-refractivity contribution in [3.05, 3.63) is 95.1 Å². The lowest BCUT2D eigenvalue weighted by molar-refractivity contribution is 0.103. The molecule has 2 nitrogen and oxygen atoms in total. The summed E-state index contributed by atoms with van der Waals surface area (Å²) in [5.74, 6) is -0.136. The Morgan fingerprint density at radius 3 is 2.48 bits per heavy atom. The number of benzene rings is 2. The molecule has 1 unspecified atom stereocenters. The van der Waals surface area contributed by atoms with E-state index < -0.39 is 0 Å². The summed E-state index contributed by atoms with van der Waals surface area (Å²) in [6.45, 7) is 0.745. The zero-order valence-corrected chi connectivity index (χ0v) is 12.6. The third-order valence-corrected chi connectivity index (χ3v) is 4.56. The molecule has 3 aromatic rings. The lowest BCUT2D eigenvalue weighted by Crippen LogP contribution is -2.08. The minimum absolute atomic E-state index is 0.0195. The van der Waals surface area contributed by atoms with Crippen LogP contribution >= 0.6 is 0 Å². The molecule has 1 atom stereocenters. The average Bonchev–Trinajstić information content (AvgIpc) is 3.17. The lowest BCUT2D eigenvalue weighted by atomic mass is 9.94. The van der Waals surface area contributed by atoms with Gasteiger partial charge in [0, 0.05) is 23.7 Å². The van der Waals surface area contributed by atoms with Crippen molar-refractivity contribution in [1.29, 1.82) is 0 Å². The molecule has 3 heteroatoms. The number of aromatic nitrogens is 1. The van der Waals surface area contributed by atoms with Gasteiger partial charge >= 0.3 is 0 Å². The first-order chi connectivity index (χ1) is 11.3. The summed E-state index contributed by atoms with van der Waals surface area (Å²) in [5.41, 5.74) is 3.10. The Labute approximate surface area is 134 Å². The molecule has 0 N–H and O–H groups in total. The zero-order chi connectivity index (χ0) is 15.8. The van der Waals surface area contributed by atoms with Crippen LogP contribution in [0.2, 0.25) is 0 Å². The Bertz CT molecular complexity index is 866. The van der Waals surface area contributed by atoms with Gasteiger partial charge in [-0.2, -0.15) is 0 Å². The molecule has 1 aliphatic rings. The smallest absolute Gasteiger partial charge is 0.209 e. The van der Waals surface area contributed by atoms with Crippen molar-refractivity contribution in [3.8, 4) is 0 Å². The molecule has 0 saturated carbocycles. The summed E-state index contributed by atoms with van der Waals surface area (Å²) >= 11 is 0. The van der Waals surface area contributed by atoms with Gasteiger partial charge in [0.25, 0.3) is 0 Å². The van der Waals surface area contributed by atoms with Gasteiger partial charge in [0.2, 0.25) is 5.78 Å². The van der Waals surface area contributed by atoms with Gasteiger partial charge in [0.1, 0.15) is 5.82 Å². The van der Waals surface area contributed by atoms with Crippen LogP contribution in [0.1, 0.15) is 39.6 Å². The maximum atomic E-state index is 14.1. The quantitative estimate of drug-likeness (QED) is 0.658. The molecule has 1 aliphatic heterocycles. The van der Waals surface area contributed by atoms with E-state index >= 15 is 0 Å². The van der Waals surface area contributed by atoms with Gasteiger partial charge in [-0.3, -0.25) is 4.79 Å². The van der Waals surface area contributed by atoms with E-state index in [0.717, 1.165) is 18.7 Å². The summed E-state index contributed by atoms with van der Waals surface area (Å²) in [7, 11) is 0. The fourth-order valence-corrected chi connectivity index (χ4v) is 3.45. The Kier molecular flexibility index (Phi) is 3.34. The fraction of sp³-hybridized carbons (Fsp3) is 0.150. The molecular formula is C20H16FNO. The first-order valence-electron chi connectivity index (χ1n) is 7.79. The van der Waals surface area contributed by atoms with Crippen LogP contribution in [0.15, 0.2) is 66.7 Å². The third-order valence-electron chi connectivity index (χ3n) is 4.56. The van der Waals surface area contributed by atoms with Crippen LogP contribution in [0, 0.1) is 5.82 Å². The second kappa shape index (κ2) is 5.51. The van der Waals surface area contributed by atoms with Crippen LogP contribution in [0.4, 0.5) is 4.39 Å². The highest BCUT2D eigenvalue weighted by molar-refractivity contribution is 6.08. The van der Waals surface area contributed by atoms with Gasteiger partial charge in [-0.1, -0.05) is 48.5 Å². The Hall–Kier alpha value is -2.68. The van der Waals surface area contributed by atoms with Crippen LogP contribution in [0.25, 0.3) is 0 Å². The van der Waals surface area contributed by atoms with Crippen molar-refractivity contribution in [2.24, 2.45) is 0 Å². The van der Waals surface area contributed by atoms with Gasteiger partial charge in [0.05, 0.1) is 5.69 Å².